The highest BCUT2D eigenvalue weighted by Crippen LogP contribution is 2.18. The molecular formula is C19H19F2N3O3. The third-order valence-electron chi connectivity index (χ3n) is 4.08. The summed E-state index contributed by atoms with van der Waals surface area (Å²) in [4.78, 5) is 25.3. The van der Waals surface area contributed by atoms with E-state index in [-0.39, 0.29) is 24.8 Å². The number of amides is 2. The van der Waals surface area contributed by atoms with Gasteiger partial charge in [-0.25, -0.2) is 8.78 Å². The van der Waals surface area contributed by atoms with Gasteiger partial charge in [-0.1, -0.05) is 12.1 Å². The van der Waals surface area contributed by atoms with Crippen molar-refractivity contribution in [3.8, 4) is 5.75 Å². The molecule has 0 unspecified atom stereocenters. The summed E-state index contributed by atoms with van der Waals surface area (Å²) >= 11 is 0. The maximum absolute atomic E-state index is 13.4. The fourth-order valence-electron chi connectivity index (χ4n) is 2.67. The van der Waals surface area contributed by atoms with E-state index < -0.39 is 17.5 Å². The number of carbonyl (C=O) groups excluding carboxylic acids is 2. The average Bonchev–Trinajstić information content (AvgIpc) is 2.66. The molecule has 1 heterocycles. The molecule has 6 nitrogen and oxygen atoms in total. The van der Waals surface area contributed by atoms with Crippen LogP contribution in [0.1, 0.15) is 5.56 Å². The molecule has 0 spiro atoms. The number of ether oxygens (including phenoxy) is 1. The number of rotatable bonds is 6. The van der Waals surface area contributed by atoms with Crippen molar-refractivity contribution in [1.29, 1.82) is 0 Å². The van der Waals surface area contributed by atoms with Crippen molar-refractivity contribution in [3.05, 3.63) is 59.7 Å². The maximum atomic E-state index is 13.4. The van der Waals surface area contributed by atoms with Gasteiger partial charge in [0.25, 0.3) is 5.91 Å². The van der Waals surface area contributed by atoms with Crippen molar-refractivity contribution in [2.24, 2.45) is 0 Å². The number of anilines is 1. The summed E-state index contributed by atoms with van der Waals surface area (Å²) in [7, 11) is 0. The average molecular weight is 375 g/mol. The van der Waals surface area contributed by atoms with Crippen molar-refractivity contribution >= 4 is 17.5 Å². The van der Waals surface area contributed by atoms with E-state index in [1.165, 1.54) is 0 Å². The third-order valence-corrected chi connectivity index (χ3v) is 4.08. The van der Waals surface area contributed by atoms with E-state index in [1.807, 2.05) is 29.2 Å². The van der Waals surface area contributed by atoms with Crippen molar-refractivity contribution in [2.75, 3.05) is 31.1 Å². The second-order valence-corrected chi connectivity index (χ2v) is 6.08. The van der Waals surface area contributed by atoms with Crippen LogP contribution in [0.15, 0.2) is 42.5 Å². The summed E-state index contributed by atoms with van der Waals surface area (Å²) in [5, 5.41) is 5.44. The Kier molecular flexibility index (Phi) is 5.85. The molecule has 1 saturated heterocycles. The lowest BCUT2D eigenvalue weighted by Gasteiger charge is -2.28. The van der Waals surface area contributed by atoms with E-state index in [0.717, 1.165) is 29.9 Å². The molecule has 1 fully saturated rings. The zero-order valence-electron chi connectivity index (χ0n) is 14.5. The lowest BCUT2D eigenvalue weighted by Crippen LogP contribution is -2.47. The molecule has 3 rings (SSSR count). The van der Waals surface area contributed by atoms with Crippen LogP contribution in [0.2, 0.25) is 0 Å². The van der Waals surface area contributed by atoms with Gasteiger partial charge < -0.3 is 20.3 Å². The molecular weight excluding hydrogens is 356 g/mol. The summed E-state index contributed by atoms with van der Waals surface area (Å²) in [6.45, 7) is 1.61. The topological polar surface area (TPSA) is 70.7 Å². The Morgan fingerprint density at radius 1 is 1.19 bits per heavy atom. The minimum atomic E-state index is -0.857. The number of hydrogen-bond acceptors (Lipinski definition) is 4. The second kappa shape index (κ2) is 8.48. The molecule has 0 saturated carbocycles. The van der Waals surface area contributed by atoms with Gasteiger partial charge in [0, 0.05) is 31.4 Å². The summed E-state index contributed by atoms with van der Waals surface area (Å²) < 4.78 is 31.3. The molecule has 0 radical (unpaired) electrons. The molecule has 2 N–H and O–H groups in total. The van der Waals surface area contributed by atoms with Gasteiger partial charge >= 0.3 is 0 Å². The van der Waals surface area contributed by atoms with Crippen LogP contribution in [0.5, 0.6) is 5.75 Å². The first-order valence-electron chi connectivity index (χ1n) is 8.46. The number of carbonyl (C=O) groups is 2. The number of benzene rings is 2. The van der Waals surface area contributed by atoms with Crippen LogP contribution < -0.4 is 20.3 Å². The second-order valence-electron chi connectivity index (χ2n) is 6.08. The van der Waals surface area contributed by atoms with Crippen molar-refractivity contribution in [3.63, 3.8) is 0 Å². The van der Waals surface area contributed by atoms with Gasteiger partial charge in [-0.05, 0) is 29.8 Å². The van der Waals surface area contributed by atoms with E-state index in [4.69, 9.17) is 4.74 Å². The van der Waals surface area contributed by atoms with Crippen LogP contribution in [0, 0.1) is 11.6 Å². The summed E-state index contributed by atoms with van der Waals surface area (Å²) in [6.07, 6.45) is 0. The van der Waals surface area contributed by atoms with E-state index in [2.05, 4.69) is 10.6 Å². The van der Waals surface area contributed by atoms with Crippen LogP contribution in [-0.2, 0) is 16.1 Å². The van der Waals surface area contributed by atoms with Crippen molar-refractivity contribution in [1.82, 2.24) is 10.6 Å². The van der Waals surface area contributed by atoms with Gasteiger partial charge in [0.05, 0.1) is 6.54 Å². The zero-order chi connectivity index (χ0) is 19.2. The van der Waals surface area contributed by atoms with Gasteiger partial charge in [0.2, 0.25) is 5.91 Å². The summed E-state index contributed by atoms with van der Waals surface area (Å²) in [5.74, 6) is -2.17. The van der Waals surface area contributed by atoms with Crippen LogP contribution in [0.4, 0.5) is 14.5 Å². The molecule has 1 aliphatic rings. The summed E-state index contributed by atoms with van der Waals surface area (Å²) in [6, 6.07) is 10.4. The molecule has 2 amide bonds. The molecule has 0 bridgehead atoms. The predicted molar refractivity (Wildman–Crippen MR) is 95.4 cm³/mol. The normalized spacial score (nSPS) is 13.9. The molecule has 2 aromatic rings. The first-order valence-corrected chi connectivity index (χ1v) is 8.46. The highest BCUT2D eigenvalue weighted by atomic mass is 19.1. The van der Waals surface area contributed by atoms with Crippen molar-refractivity contribution < 1.29 is 23.1 Å². The lowest BCUT2D eigenvalue weighted by molar-refractivity contribution is -0.123. The molecule has 2 aromatic carbocycles. The molecule has 27 heavy (non-hydrogen) atoms. The van der Waals surface area contributed by atoms with Crippen LogP contribution in [-0.4, -0.2) is 38.1 Å². The first-order chi connectivity index (χ1) is 13.0. The Labute approximate surface area is 155 Å². The Bertz CT molecular complexity index is 827. The summed E-state index contributed by atoms with van der Waals surface area (Å²) in [5.41, 5.74) is 1.82. The van der Waals surface area contributed by atoms with Crippen molar-refractivity contribution in [2.45, 2.75) is 6.54 Å². The highest BCUT2D eigenvalue weighted by molar-refractivity contribution is 5.82. The Morgan fingerprint density at radius 3 is 2.67 bits per heavy atom. The minimum absolute atomic E-state index is 0.00446. The van der Waals surface area contributed by atoms with Gasteiger partial charge in [-0.2, -0.15) is 0 Å². The standard InChI is InChI=1S/C19H19F2N3O3/c20-14-3-6-17(16(21)9-14)27-12-19(26)23-10-13-1-4-15(5-2-13)24-8-7-22-18(25)11-24/h1-6,9H,7-8,10-12H2,(H,22,25)(H,23,26). The molecule has 0 aromatic heterocycles. The number of nitrogens with zero attached hydrogens (tertiary/aromatic N) is 1. The number of halogens is 2. The van der Waals surface area contributed by atoms with E-state index >= 15 is 0 Å². The Balaban J connectivity index is 1.46. The Hall–Kier alpha value is -3.16. The largest absolute Gasteiger partial charge is 0.481 e. The monoisotopic (exact) mass is 375 g/mol. The minimum Gasteiger partial charge on any atom is -0.481 e. The van der Waals surface area contributed by atoms with Gasteiger partial charge in [0.1, 0.15) is 5.82 Å². The van der Waals surface area contributed by atoms with E-state index in [1.54, 1.807) is 0 Å². The number of hydrogen-bond donors (Lipinski definition) is 2. The molecule has 142 valence electrons. The van der Waals surface area contributed by atoms with Crippen LogP contribution >= 0.6 is 0 Å². The van der Waals surface area contributed by atoms with Crippen LogP contribution in [0.3, 0.4) is 0 Å². The SMILES string of the molecule is O=C(COc1ccc(F)cc1F)NCc1ccc(N2CCNC(=O)C2)cc1. The quantitative estimate of drug-likeness (QED) is 0.805. The van der Waals surface area contributed by atoms with Gasteiger partial charge in [-0.3, -0.25) is 9.59 Å². The fourth-order valence-corrected chi connectivity index (χ4v) is 2.67. The smallest absolute Gasteiger partial charge is 0.258 e. The maximum Gasteiger partial charge on any atom is 0.258 e. The van der Waals surface area contributed by atoms with E-state index in [9.17, 15) is 18.4 Å². The number of nitrogens with one attached hydrogen (secondary N) is 2. The molecule has 0 aliphatic carbocycles. The van der Waals surface area contributed by atoms with Crippen LogP contribution in [0.25, 0.3) is 0 Å². The first kappa shape index (κ1) is 18.6. The van der Waals surface area contributed by atoms with Gasteiger partial charge in [-0.15, -0.1) is 0 Å². The molecule has 8 heteroatoms. The van der Waals surface area contributed by atoms with Gasteiger partial charge in [0.15, 0.2) is 18.2 Å². The third kappa shape index (κ3) is 5.16. The predicted octanol–water partition coefficient (Wildman–Crippen LogP) is 1.60. The fraction of sp³-hybridized carbons (Fsp3) is 0.263. The zero-order valence-corrected chi connectivity index (χ0v) is 14.5. The lowest BCUT2D eigenvalue weighted by atomic mass is 10.2. The highest BCUT2D eigenvalue weighted by Gasteiger charge is 2.16. The van der Waals surface area contributed by atoms with E-state index in [0.29, 0.717) is 19.2 Å². The molecule has 0 atom stereocenters. The molecule has 1 aliphatic heterocycles. The Morgan fingerprint density at radius 2 is 1.96 bits per heavy atom. The number of piperazine rings is 1.